The number of hydrogen-bond donors (Lipinski definition) is 0. The van der Waals surface area contributed by atoms with Crippen LogP contribution in [0, 0.1) is 5.41 Å². The fourth-order valence-corrected chi connectivity index (χ4v) is 2.89. The van der Waals surface area contributed by atoms with Gasteiger partial charge in [0.1, 0.15) is 0 Å². The number of benzene rings is 1. The number of ether oxygens (including phenoxy) is 2. The average Bonchev–Trinajstić information content (AvgIpc) is 2.84. The van der Waals surface area contributed by atoms with E-state index in [9.17, 15) is 0 Å². The zero-order valence-corrected chi connectivity index (χ0v) is 15.2. The standard InChI is InChI=1S/C17H23NO3.Cr/c1-17(2,3)16-14(11-19-5)15(18(4)21-16)12-7-9-13(20-6)10-8-12;/h7-10,15H,1-6H3;. The summed E-state index contributed by atoms with van der Waals surface area (Å²) in [4.78, 5) is 6.05. The molecule has 0 saturated heterocycles. The van der Waals surface area contributed by atoms with Crippen LogP contribution in [-0.2, 0) is 25.4 Å². The van der Waals surface area contributed by atoms with Crippen molar-refractivity contribution in [2.24, 2.45) is 5.41 Å². The number of nitrogens with zero attached hydrogens (tertiary/aromatic N) is 1. The molecule has 1 aromatic rings. The average molecular weight is 341 g/mol. The predicted octanol–water partition coefficient (Wildman–Crippen LogP) is 3.24. The molecule has 1 atom stereocenters. The molecule has 120 valence electrons. The topological polar surface area (TPSA) is 30.9 Å². The van der Waals surface area contributed by atoms with Crippen molar-refractivity contribution < 1.29 is 30.2 Å². The van der Waals surface area contributed by atoms with Gasteiger partial charge in [0.2, 0.25) is 0 Å². The minimum absolute atomic E-state index is 0.0173. The predicted molar refractivity (Wildman–Crippen MR) is 83.1 cm³/mol. The summed E-state index contributed by atoms with van der Waals surface area (Å²) in [7, 11) is 5.28. The van der Waals surface area contributed by atoms with Crippen LogP contribution in [0.5, 0.6) is 5.75 Å². The van der Waals surface area contributed by atoms with Gasteiger partial charge in [-0.15, -0.1) is 0 Å². The van der Waals surface area contributed by atoms with Crippen LogP contribution < -0.4 is 4.74 Å². The van der Waals surface area contributed by atoms with Crippen LogP contribution in [0.2, 0.25) is 0 Å². The Kier molecular flexibility index (Phi) is 5.14. The number of rotatable bonds is 4. The normalized spacial score (nSPS) is 19.3. The third-order valence-corrected chi connectivity index (χ3v) is 4.24. The summed E-state index contributed by atoms with van der Waals surface area (Å²) in [6, 6.07) is 8.01. The number of allylic oxidation sites excluding steroid dienone is 1. The first-order chi connectivity index (χ1) is 10.3. The van der Waals surface area contributed by atoms with Crippen LogP contribution in [-0.4, -0.2) is 30.9 Å². The molecule has 22 heavy (non-hydrogen) atoms. The van der Waals surface area contributed by atoms with E-state index < -0.39 is 0 Å². The van der Waals surface area contributed by atoms with Crippen LogP contribution in [0.1, 0.15) is 32.4 Å². The number of hydrogen-bond acceptors (Lipinski definition) is 4. The quantitative estimate of drug-likeness (QED) is 0.841. The molecule has 1 unspecified atom stereocenters. The Hall–Kier alpha value is -1.12. The van der Waals surface area contributed by atoms with E-state index in [1.165, 1.54) is 0 Å². The van der Waals surface area contributed by atoms with Crippen molar-refractivity contribution in [3.05, 3.63) is 41.2 Å². The molecule has 0 radical (unpaired) electrons. The van der Waals surface area contributed by atoms with Gasteiger partial charge in [-0.2, -0.15) is 0 Å². The van der Waals surface area contributed by atoms with E-state index in [1.54, 1.807) is 14.2 Å². The molecule has 0 bridgehead atoms. The summed E-state index contributed by atoms with van der Waals surface area (Å²) in [6.45, 7) is 6.40. The molecule has 0 spiro atoms. The molecule has 1 heterocycles. The summed E-state index contributed by atoms with van der Waals surface area (Å²) in [6.07, 6.45) is 0. The molecule has 1 aromatic carbocycles. The minimum atomic E-state index is -0.113. The van der Waals surface area contributed by atoms with E-state index in [4.69, 9.17) is 14.3 Å². The molecular weight excluding hydrogens is 318 g/mol. The Balaban J connectivity index is 2.51. The second-order valence-corrected chi connectivity index (χ2v) is 6.88. The molecule has 0 amide bonds. The fraction of sp³-hybridized carbons (Fsp3) is 0.471. The number of hydroxylamine groups is 2. The third kappa shape index (κ3) is 3.28. The van der Waals surface area contributed by atoms with Crippen molar-refractivity contribution in [3.63, 3.8) is 0 Å². The van der Waals surface area contributed by atoms with Gasteiger partial charge >= 0.3 is 140 Å². The van der Waals surface area contributed by atoms with Gasteiger partial charge in [-0.25, -0.2) is 0 Å². The van der Waals surface area contributed by atoms with Gasteiger partial charge in [0.15, 0.2) is 0 Å². The SMILES string of the molecule is CO[C](=[Cr])C1=C(C(C)(C)C)ON(C)C1c1ccc(OC)cc1. The second-order valence-electron chi connectivity index (χ2n) is 6.30. The summed E-state index contributed by atoms with van der Waals surface area (Å²) in [5, 5.41) is 1.87. The maximum atomic E-state index is 6.05. The van der Waals surface area contributed by atoms with Crippen molar-refractivity contribution in [2.45, 2.75) is 26.8 Å². The first-order valence-electron chi connectivity index (χ1n) is 7.17. The molecular formula is C17H23CrNO3. The zero-order chi connectivity index (χ0) is 16.5. The zero-order valence-electron chi connectivity index (χ0n) is 14.0. The molecule has 4 nitrogen and oxygen atoms in total. The van der Waals surface area contributed by atoms with Crippen LogP contribution in [0.3, 0.4) is 0 Å². The Morgan fingerprint density at radius 1 is 1.18 bits per heavy atom. The van der Waals surface area contributed by atoms with Gasteiger partial charge in [0.05, 0.1) is 0 Å². The second kappa shape index (κ2) is 6.56. The molecule has 1 aliphatic heterocycles. The van der Waals surface area contributed by atoms with Gasteiger partial charge in [0.25, 0.3) is 0 Å². The first kappa shape index (κ1) is 17.2. The van der Waals surface area contributed by atoms with E-state index in [1.807, 2.05) is 24.2 Å². The fourth-order valence-electron chi connectivity index (χ4n) is 2.57. The summed E-state index contributed by atoms with van der Waals surface area (Å²) < 4.78 is 11.5. The van der Waals surface area contributed by atoms with E-state index >= 15 is 0 Å². The van der Waals surface area contributed by atoms with Crippen molar-refractivity contribution >= 4 is 4.57 Å². The van der Waals surface area contributed by atoms with Gasteiger partial charge in [-0.05, 0) is 0 Å². The Morgan fingerprint density at radius 3 is 2.23 bits per heavy atom. The summed E-state index contributed by atoms with van der Waals surface area (Å²) >= 11 is 3.02. The Morgan fingerprint density at radius 2 is 1.77 bits per heavy atom. The molecule has 5 heteroatoms. The van der Waals surface area contributed by atoms with Gasteiger partial charge in [0, 0.05) is 0 Å². The van der Waals surface area contributed by atoms with E-state index in [0.29, 0.717) is 0 Å². The van der Waals surface area contributed by atoms with E-state index in [2.05, 4.69) is 48.8 Å². The molecule has 0 aromatic heterocycles. The summed E-state index contributed by atoms with van der Waals surface area (Å²) in [5.74, 6) is 1.76. The van der Waals surface area contributed by atoms with Gasteiger partial charge < -0.3 is 0 Å². The molecule has 0 N–H and O–H groups in total. The van der Waals surface area contributed by atoms with E-state index in [-0.39, 0.29) is 11.5 Å². The first-order valence-corrected chi connectivity index (χ1v) is 7.81. The molecule has 0 saturated carbocycles. The molecule has 1 aliphatic rings. The van der Waals surface area contributed by atoms with Gasteiger partial charge in [-0.1, -0.05) is 0 Å². The van der Waals surface area contributed by atoms with Crippen molar-refractivity contribution in [2.75, 3.05) is 21.3 Å². The Bertz CT molecular complexity index is 587. The van der Waals surface area contributed by atoms with E-state index in [0.717, 1.165) is 27.2 Å². The molecule has 0 fully saturated rings. The van der Waals surface area contributed by atoms with Crippen molar-refractivity contribution in [1.82, 2.24) is 5.06 Å². The monoisotopic (exact) mass is 341 g/mol. The van der Waals surface area contributed by atoms with Crippen molar-refractivity contribution in [3.8, 4) is 5.75 Å². The maximum absolute atomic E-state index is 6.05. The molecule has 0 aliphatic carbocycles. The van der Waals surface area contributed by atoms with Crippen LogP contribution in [0.25, 0.3) is 0 Å². The van der Waals surface area contributed by atoms with Crippen LogP contribution in [0.4, 0.5) is 0 Å². The number of methoxy groups -OCH3 is 2. The van der Waals surface area contributed by atoms with Crippen LogP contribution >= 0.6 is 0 Å². The summed E-state index contributed by atoms with van der Waals surface area (Å²) in [5.41, 5.74) is 2.06. The van der Waals surface area contributed by atoms with Gasteiger partial charge in [-0.3, -0.25) is 0 Å². The third-order valence-electron chi connectivity index (χ3n) is 3.63. The van der Waals surface area contributed by atoms with Crippen molar-refractivity contribution in [1.29, 1.82) is 0 Å². The Labute approximate surface area is 140 Å². The molecule has 2 rings (SSSR count). The van der Waals surface area contributed by atoms with Crippen LogP contribution in [0.15, 0.2) is 35.6 Å². The number of likely N-dealkylation sites (N-methyl/N-ethyl adjacent to an activating group) is 1.